The molecule has 17 heavy (non-hydrogen) atoms. The number of hydrogen-bond donors (Lipinski definition) is 1. The van der Waals surface area contributed by atoms with Gasteiger partial charge in [0.05, 0.1) is 12.8 Å². The van der Waals surface area contributed by atoms with E-state index >= 15 is 0 Å². The molecule has 0 bridgehead atoms. The Morgan fingerprint density at radius 1 is 1.24 bits per heavy atom. The molecule has 1 aromatic heterocycles. The van der Waals surface area contributed by atoms with Crippen molar-refractivity contribution in [3.63, 3.8) is 0 Å². The fraction of sp³-hybridized carbons (Fsp3) is 0.0833. The fourth-order valence-corrected chi connectivity index (χ4v) is 1.40. The number of ketones is 1. The van der Waals surface area contributed by atoms with Crippen LogP contribution in [0.1, 0.15) is 16.1 Å². The van der Waals surface area contributed by atoms with Crippen LogP contribution in [0.15, 0.2) is 41.3 Å². The van der Waals surface area contributed by atoms with Crippen molar-refractivity contribution in [2.75, 3.05) is 7.11 Å². The average Bonchev–Trinajstić information content (AvgIpc) is 2.38. The number of benzene rings is 1. The first-order valence-electron chi connectivity index (χ1n) is 4.95. The zero-order valence-corrected chi connectivity index (χ0v) is 9.14. The third-order valence-corrected chi connectivity index (χ3v) is 2.27. The van der Waals surface area contributed by atoms with Crippen molar-refractivity contribution in [3.8, 4) is 5.75 Å². The molecule has 0 aliphatic rings. The lowest BCUT2D eigenvalue weighted by Gasteiger charge is -2.02. The first kappa shape index (κ1) is 11.1. The molecule has 5 heteroatoms. The molecule has 0 saturated carbocycles. The first-order valence-corrected chi connectivity index (χ1v) is 4.95. The molecule has 0 fully saturated rings. The van der Waals surface area contributed by atoms with Crippen LogP contribution < -0.4 is 10.4 Å². The monoisotopic (exact) mass is 230 g/mol. The largest absolute Gasteiger partial charge is 0.497 e. The van der Waals surface area contributed by atoms with Crippen molar-refractivity contribution in [1.29, 1.82) is 0 Å². The molecule has 0 aliphatic carbocycles. The molecular weight excluding hydrogens is 220 g/mol. The molecule has 5 nitrogen and oxygen atoms in total. The van der Waals surface area contributed by atoms with Gasteiger partial charge < -0.3 is 9.72 Å². The second-order valence-electron chi connectivity index (χ2n) is 3.35. The Kier molecular flexibility index (Phi) is 3.00. The van der Waals surface area contributed by atoms with Crippen molar-refractivity contribution in [1.82, 2.24) is 9.97 Å². The van der Waals surface area contributed by atoms with Crippen LogP contribution in [0.4, 0.5) is 0 Å². The van der Waals surface area contributed by atoms with E-state index in [1.54, 1.807) is 31.4 Å². The normalized spacial score (nSPS) is 9.94. The molecule has 0 atom stereocenters. The van der Waals surface area contributed by atoms with Gasteiger partial charge in [-0.15, -0.1) is 0 Å². The Hall–Kier alpha value is -2.43. The number of methoxy groups -OCH3 is 1. The summed E-state index contributed by atoms with van der Waals surface area (Å²) < 4.78 is 4.99. The lowest BCUT2D eigenvalue weighted by Crippen LogP contribution is -2.15. The highest BCUT2D eigenvalue weighted by Gasteiger charge is 2.09. The number of H-pyrrole nitrogens is 1. The number of aromatic nitrogens is 2. The van der Waals surface area contributed by atoms with Crippen LogP contribution in [0.25, 0.3) is 0 Å². The van der Waals surface area contributed by atoms with Gasteiger partial charge in [-0.3, -0.25) is 4.79 Å². The molecule has 2 rings (SSSR count). The Morgan fingerprint density at radius 2 is 1.94 bits per heavy atom. The summed E-state index contributed by atoms with van der Waals surface area (Å²) in [5, 5.41) is 0. The van der Waals surface area contributed by atoms with Crippen molar-refractivity contribution in [2.24, 2.45) is 0 Å². The molecule has 86 valence electrons. The van der Waals surface area contributed by atoms with Crippen molar-refractivity contribution in [2.45, 2.75) is 0 Å². The van der Waals surface area contributed by atoms with Crippen LogP contribution in [0.2, 0.25) is 0 Å². The van der Waals surface area contributed by atoms with E-state index in [1.807, 2.05) is 0 Å². The van der Waals surface area contributed by atoms with E-state index in [-0.39, 0.29) is 11.5 Å². The molecule has 0 spiro atoms. The van der Waals surface area contributed by atoms with Crippen molar-refractivity contribution < 1.29 is 9.53 Å². The maximum atomic E-state index is 12.0. The van der Waals surface area contributed by atoms with Crippen LogP contribution in [-0.2, 0) is 0 Å². The maximum absolute atomic E-state index is 12.0. The fourth-order valence-electron chi connectivity index (χ4n) is 1.40. The number of nitrogens with one attached hydrogen (secondary N) is 1. The van der Waals surface area contributed by atoms with E-state index in [4.69, 9.17) is 4.74 Å². The van der Waals surface area contributed by atoms with Gasteiger partial charge in [-0.2, -0.15) is 0 Å². The summed E-state index contributed by atoms with van der Waals surface area (Å²) in [6, 6.07) is 8.12. The zero-order valence-electron chi connectivity index (χ0n) is 9.14. The Morgan fingerprint density at radius 3 is 2.53 bits per heavy atom. The van der Waals surface area contributed by atoms with Gasteiger partial charge in [0.15, 0.2) is 0 Å². The third-order valence-electron chi connectivity index (χ3n) is 2.27. The molecule has 0 unspecified atom stereocenters. The number of nitrogens with zero attached hydrogens (tertiary/aromatic N) is 1. The summed E-state index contributed by atoms with van der Waals surface area (Å²) in [5.74, 6) is 0.414. The maximum Gasteiger partial charge on any atom is 0.345 e. The van der Waals surface area contributed by atoms with E-state index < -0.39 is 5.69 Å². The molecular formula is C12H10N2O3. The summed E-state index contributed by atoms with van der Waals surface area (Å²) in [5.41, 5.74) is 0.159. The van der Waals surface area contributed by atoms with E-state index in [9.17, 15) is 9.59 Å². The van der Waals surface area contributed by atoms with Gasteiger partial charge in [-0.25, -0.2) is 9.78 Å². The van der Waals surface area contributed by atoms with Crippen molar-refractivity contribution in [3.05, 3.63) is 58.3 Å². The summed E-state index contributed by atoms with van der Waals surface area (Å²) >= 11 is 0. The molecule has 1 N–H and O–H groups in total. The Labute approximate surface area is 97.1 Å². The second-order valence-corrected chi connectivity index (χ2v) is 3.35. The van der Waals surface area contributed by atoms with Gasteiger partial charge in [-0.1, -0.05) is 0 Å². The number of aromatic amines is 1. The van der Waals surface area contributed by atoms with Gasteiger partial charge >= 0.3 is 5.69 Å². The Bertz CT molecular complexity index is 587. The average molecular weight is 230 g/mol. The Balaban J connectivity index is 2.33. The summed E-state index contributed by atoms with van der Waals surface area (Å²) in [6.07, 6.45) is 1.30. The topological polar surface area (TPSA) is 72.0 Å². The van der Waals surface area contributed by atoms with Crippen molar-refractivity contribution >= 4 is 5.78 Å². The molecule has 0 aliphatic heterocycles. The van der Waals surface area contributed by atoms with Crippen LogP contribution in [0, 0.1) is 0 Å². The van der Waals surface area contributed by atoms with E-state index in [0.717, 1.165) is 0 Å². The van der Waals surface area contributed by atoms with E-state index in [0.29, 0.717) is 11.3 Å². The van der Waals surface area contributed by atoms with Gasteiger partial charge in [0.25, 0.3) is 0 Å². The smallest absolute Gasteiger partial charge is 0.345 e. The predicted octanol–water partition coefficient (Wildman–Crippen LogP) is 1.01. The quantitative estimate of drug-likeness (QED) is 0.799. The minimum atomic E-state index is -0.538. The minimum absolute atomic E-state index is 0.218. The SMILES string of the molecule is COc1ccc(C(=O)c2ccnc(=O)[nH]2)cc1. The van der Waals surface area contributed by atoms with Crippen LogP contribution >= 0.6 is 0 Å². The number of carbonyl (C=O) groups is 1. The lowest BCUT2D eigenvalue weighted by atomic mass is 10.1. The standard InChI is InChI=1S/C12H10N2O3/c1-17-9-4-2-8(3-5-9)11(15)10-6-7-13-12(16)14-10/h2-7H,1H3,(H,13,14,16). The highest BCUT2D eigenvalue weighted by Crippen LogP contribution is 2.13. The zero-order chi connectivity index (χ0) is 12.3. The van der Waals surface area contributed by atoms with Gasteiger partial charge in [0, 0.05) is 11.8 Å². The number of rotatable bonds is 3. The highest BCUT2D eigenvalue weighted by atomic mass is 16.5. The minimum Gasteiger partial charge on any atom is -0.497 e. The predicted molar refractivity (Wildman–Crippen MR) is 61.3 cm³/mol. The summed E-state index contributed by atoms with van der Waals surface area (Å²) in [6.45, 7) is 0. The number of ether oxygens (including phenoxy) is 1. The molecule has 2 aromatic rings. The summed E-state index contributed by atoms with van der Waals surface area (Å²) in [4.78, 5) is 28.8. The van der Waals surface area contributed by atoms with Gasteiger partial charge in [-0.05, 0) is 30.3 Å². The second kappa shape index (κ2) is 4.61. The van der Waals surface area contributed by atoms with E-state index in [2.05, 4.69) is 9.97 Å². The van der Waals surface area contributed by atoms with E-state index in [1.165, 1.54) is 12.3 Å². The first-order chi connectivity index (χ1) is 8.20. The molecule has 0 radical (unpaired) electrons. The molecule has 1 heterocycles. The van der Waals surface area contributed by atoms with Gasteiger partial charge in [0.2, 0.25) is 5.78 Å². The van der Waals surface area contributed by atoms with Crippen LogP contribution in [0.3, 0.4) is 0 Å². The van der Waals surface area contributed by atoms with Crippen LogP contribution in [0.5, 0.6) is 5.75 Å². The molecule has 0 amide bonds. The van der Waals surface area contributed by atoms with Gasteiger partial charge in [0.1, 0.15) is 5.75 Å². The lowest BCUT2D eigenvalue weighted by molar-refractivity contribution is 0.103. The highest BCUT2D eigenvalue weighted by molar-refractivity contribution is 6.07. The summed E-state index contributed by atoms with van der Waals surface area (Å²) in [7, 11) is 1.55. The molecule has 1 aromatic carbocycles. The molecule has 0 saturated heterocycles. The number of carbonyl (C=O) groups excluding carboxylic acids is 1. The number of hydrogen-bond acceptors (Lipinski definition) is 4. The third kappa shape index (κ3) is 2.39. The van der Waals surface area contributed by atoms with Crippen LogP contribution in [-0.4, -0.2) is 22.9 Å².